The Morgan fingerprint density at radius 2 is 2.20 bits per heavy atom. The van der Waals surface area contributed by atoms with E-state index >= 15 is 0 Å². The smallest absolute Gasteiger partial charge is 0.253 e. The predicted octanol–water partition coefficient (Wildman–Crippen LogP) is 4.61. The van der Waals surface area contributed by atoms with E-state index in [0.29, 0.717) is 16.5 Å². The van der Waals surface area contributed by atoms with Gasteiger partial charge in [-0.1, -0.05) is 18.0 Å². The second-order valence-corrected chi connectivity index (χ2v) is 7.51. The topological polar surface area (TPSA) is 20.3 Å². The third kappa shape index (κ3) is 2.75. The zero-order valence-electron chi connectivity index (χ0n) is 11.6. The van der Waals surface area contributed by atoms with Crippen molar-refractivity contribution in [3.63, 3.8) is 0 Å². The number of hydrogen-bond acceptors (Lipinski definition) is 1. The molecule has 0 aliphatic heterocycles. The Balaban J connectivity index is 1.65. The largest absolute Gasteiger partial charge is 0.341 e. The molecule has 0 radical (unpaired) electrons. The summed E-state index contributed by atoms with van der Waals surface area (Å²) in [5, 5.41) is 0.587. The molecule has 0 saturated heterocycles. The minimum Gasteiger partial charge on any atom is -0.341 e. The van der Waals surface area contributed by atoms with Gasteiger partial charge < -0.3 is 4.90 Å². The maximum atomic E-state index is 12.5. The fraction of sp³-hybridized carbons (Fsp3) is 0.562. The van der Waals surface area contributed by atoms with E-state index in [1.54, 1.807) is 6.07 Å². The lowest BCUT2D eigenvalue weighted by atomic mass is 9.88. The number of halogens is 2. The Labute approximate surface area is 133 Å². The standard InChI is InChI=1S/C16H19BrClNO/c1-19(9-13-7-10-2-3-11(13)6-10)16(20)12-4-5-14(17)15(18)8-12/h4-5,8,10-11,13H,2-3,6-7,9H2,1H3. The van der Waals surface area contributed by atoms with E-state index in [-0.39, 0.29) is 5.91 Å². The Kier molecular flexibility index (Phi) is 4.09. The van der Waals surface area contributed by atoms with Crippen LogP contribution >= 0.6 is 27.5 Å². The molecule has 1 aromatic carbocycles. The van der Waals surface area contributed by atoms with E-state index in [1.165, 1.54) is 25.7 Å². The molecule has 1 aromatic rings. The molecule has 2 fully saturated rings. The molecule has 4 heteroatoms. The SMILES string of the molecule is CN(CC1CC2CCC1C2)C(=O)c1ccc(Br)c(Cl)c1. The lowest BCUT2D eigenvalue weighted by Gasteiger charge is -2.27. The lowest BCUT2D eigenvalue weighted by molar-refractivity contribution is 0.0754. The molecule has 0 N–H and O–H groups in total. The average Bonchev–Trinajstić information content (AvgIpc) is 3.03. The number of carbonyl (C=O) groups is 1. The van der Waals surface area contributed by atoms with Crippen LogP contribution in [0.5, 0.6) is 0 Å². The van der Waals surface area contributed by atoms with Gasteiger partial charge in [-0.15, -0.1) is 0 Å². The first-order chi connectivity index (χ1) is 9.54. The van der Waals surface area contributed by atoms with Crippen LogP contribution in [0.25, 0.3) is 0 Å². The number of nitrogens with zero attached hydrogens (tertiary/aromatic N) is 1. The van der Waals surface area contributed by atoms with Crippen molar-refractivity contribution in [2.24, 2.45) is 17.8 Å². The number of hydrogen-bond donors (Lipinski definition) is 0. The quantitative estimate of drug-likeness (QED) is 0.774. The van der Waals surface area contributed by atoms with Crippen LogP contribution in [-0.4, -0.2) is 24.4 Å². The second kappa shape index (κ2) is 5.69. The van der Waals surface area contributed by atoms with Gasteiger partial charge in [0.05, 0.1) is 5.02 Å². The molecule has 1 amide bonds. The van der Waals surface area contributed by atoms with E-state index in [9.17, 15) is 4.79 Å². The van der Waals surface area contributed by atoms with Gasteiger partial charge in [-0.25, -0.2) is 0 Å². The second-order valence-electron chi connectivity index (χ2n) is 6.25. The molecule has 0 heterocycles. The molecule has 2 aliphatic carbocycles. The van der Waals surface area contributed by atoms with E-state index in [0.717, 1.165) is 22.9 Å². The van der Waals surface area contributed by atoms with Crippen molar-refractivity contribution in [2.75, 3.05) is 13.6 Å². The van der Waals surface area contributed by atoms with E-state index in [4.69, 9.17) is 11.6 Å². The van der Waals surface area contributed by atoms with Gasteiger partial charge in [0.15, 0.2) is 0 Å². The Morgan fingerprint density at radius 1 is 1.40 bits per heavy atom. The lowest BCUT2D eigenvalue weighted by Crippen LogP contribution is -2.33. The highest BCUT2D eigenvalue weighted by Gasteiger charge is 2.40. The fourth-order valence-corrected chi connectivity index (χ4v) is 4.31. The summed E-state index contributed by atoms with van der Waals surface area (Å²) in [4.78, 5) is 14.3. The van der Waals surface area contributed by atoms with Gasteiger partial charge in [-0.2, -0.15) is 0 Å². The number of amides is 1. The van der Waals surface area contributed by atoms with Crippen LogP contribution in [0.1, 0.15) is 36.0 Å². The summed E-state index contributed by atoms with van der Waals surface area (Å²) in [5.41, 5.74) is 0.670. The minimum absolute atomic E-state index is 0.0715. The van der Waals surface area contributed by atoms with E-state index < -0.39 is 0 Å². The van der Waals surface area contributed by atoms with Crippen molar-refractivity contribution < 1.29 is 4.79 Å². The Morgan fingerprint density at radius 3 is 2.80 bits per heavy atom. The zero-order chi connectivity index (χ0) is 14.3. The fourth-order valence-electron chi connectivity index (χ4n) is 3.88. The zero-order valence-corrected chi connectivity index (χ0v) is 14.0. The summed E-state index contributed by atoms with van der Waals surface area (Å²) in [7, 11) is 1.91. The molecule has 3 unspecified atom stereocenters. The molecular weight excluding hydrogens is 338 g/mol. The van der Waals surface area contributed by atoms with Crippen LogP contribution in [0.2, 0.25) is 5.02 Å². The predicted molar refractivity (Wildman–Crippen MR) is 85.1 cm³/mol. The summed E-state index contributed by atoms with van der Waals surface area (Å²) >= 11 is 9.42. The van der Waals surface area contributed by atoms with Crippen molar-refractivity contribution in [1.29, 1.82) is 0 Å². The van der Waals surface area contributed by atoms with Gasteiger partial charge in [0.2, 0.25) is 0 Å². The first-order valence-corrected chi connectivity index (χ1v) is 8.42. The van der Waals surface area contributed by atoms with Crippen LogP contribution in [-0.2, 0) is 0 Å². The van der Waals surface area contributed by atoms with Gasteiger partial charge in [0.25, 0.3) is 5.91 Å². The molecule has 108 valence electrons. The van der Waals surface area contributed by atoms with Gasteiger partial charge >= 0.3 is 0 Å². The van der Waals surface area contributed by atoms with Crippen molar-refractivity contribution in [3.05, 3.63) is 33.3 Å². The average molecular weight is 357 g/mol. The van der Waals surface area contributed by atoms with Crippen molar-refractivity contribution >= 4 is 33.4 Å². The van der Waals surface area contributed by atoms with Crippen molar-refractivity contribution in [1.82, 2.24) is 4.90 Å². The molecule has 3 rings (SSSR count). The maximum Gasteiger partial charge on any atom is 0.253 e. The number of carbonyl (C=O) groups excluding carboxylic acids is 1. The minimum atomic E-state index is 0.0715. The normalized spacial score (nSPS) is 27.9. The molecule has 20 heavy (non-hydrogen) atoms. The maximum absolute atomic E-state index is 12.5. The highest BCUT2D eigenvalue weighted by molar-refractivity contribution is 9.10. The highest BCUT2D eigenvalue weighted by atomic mass is 79.9. The van der Waals surface area contributed by atoms with Gasteiger partial charge in [0, 0.05) is 23.6 Å². The molecule has 2 aliphatic rings. The Hall–Kier alpha value is -0.540. The molecule has 0 aromatic heterocycles. The van der Waals surface area contributed by atoms with Gasteiger partial charge in [-0.3, -0.25) is 4.79 Å². The summed E-state index contributed by atoms with van der Waals surface area (Å²) in [6, 6.07) is 5.40. The summed E-state index contributed by atoms with van der Waals surface area (Å²) in [6.07, 6.45) is 5.46. The van der Waals surface area contributed by atoms with E-state index in [1.807, 2.05) is 24.1 Å². The molecule has 2 nitrogen and oxygen atoms in total. The Bertz CT molecular complexity index is 533. The molecule has 2 saturated carbocycles. The van der Waals surface area contributed by atoms with Crippen molar-refractivity contribution in [2.45, 2.75) is 25.7 Å². The first kappa shape index (κ1) is 14.4. The van der Waals surface area contributed by atoms with Crippen LogP contribution in [0.3, 0.4) is 0 Å². The van der Waals surface area contributed by atoms with Gasteiger partial charge in [0.1, 0.15) is 0 Å². The summed E-state index contributed by atoms with van der Waals surface area (Å²) in [6.45, 7) is 0.883. The van der Waals surface area contributed by atoms with Crippen LogP contribution in [0, 0.1) is 17.8 Å². The number of fused-ring (bicyclic) bond motifs is 2. The molecule has 0 spiro atoms. The monoisotopic (exact) mass is 355 g/mol. The molecule has 2 bridgehead atoms. The molecule has 3 atom stereocenters. The van der Waals surface area contributed by atoms with Crippen LogP contribution in [0.15, 0.2) is 22.7 Å². The number of rotatable bonds is 3. The van der Waals surface area contributed by atoms with Gasteiger partial charge in [-0.05, 0) is 71.1 Å². The summed E-state index contributed by atoms with van der Waals surface area (Å²) in [5.74, 6) is 2.55. The van der Waals surface area contributed by atoms with Crippen LogP contribution in [0.4, 0.5) is 0 Å². The van der Waals surface area contributed by atoms with Crippen molar-refractivity contribution in [3.8, 4) is 0 Å². The number of benzene rings is 1. The van der Waals surface area contributed by atoms with Crippen LogP contribution < -0.4 is 0 Å². The summed E-state index contributed by atoms with van der Waals surface area (Å²) < 4.78 is 0.825. The third-order valence-corrected chi connectivity index (χ3v) is 6.14. The third-order valence-electron chi connectivity index (χ3n) is 4.91. The first-order valence-electron chi connectivity index (χ1n) is 7.25. The van der Waals surface area contributed by atoms with E-state index in [2.05, 4.69) is 15.9 Å². The molecular formula is C16H19BrClNO. The highest BCUT2D eigenvalue weighted by Crippen LogP contribution is 2.48.